The molecule has 1 aliphatic rings. The molecule has 0 amide bonds. The SMILES string of the molecule is CC/C=C\C/C=C\C/C=C\C/C=C\C/C=C\C/C=C\CCCOCC(COC1OC(CO)C(O)C(O)C1O)OC(=O)CCCCC/C=C\C/C=C\C/C=C\CC. The maximum atomic E-state index is 12.7. The second-order valence-electron chi connectivity index (χ2n) is 13.7. The van der Waals surface area contributed by atoms with Crippen LogP contribution in [-0.4, -0.2) is 89.6 Å². The summed E-state index contributed by atoms with van der Waals surface area (Å²) in [5.41, 5.74) is 0. The van der Waals surface area contributed by atoms with Crippen LogP contribution in [-0.2, 0) is 23.7 Å². The smallest absolute Gasteiger partial charge is 0.306 e. The van der Waals surface area contributed by atoms with Gasteiger partial charge in [-0.25, -0.2) is 0 Å². The van der Waals surface area contributed by atoms with Crippen molar-refractivity contribution in [1.29, 1.82) is 0 Å². The molecule has 0 radical (unpaired) electrons. The summed E-state index contributed by atoms with van der Waals surface area (Å²) in [5.74, 6) is -0.369. The molecule has 0 aromatic rings. The predicted octanol–water partition coefficient (Wildman–Crippen LogP) is 9.02. The summed E-state index contributed by atoms with van der Waals surface area (Å²) in [7, 11) is 0. The van der Waals surface area contributed by atoms with Crippen LogP contribution in [0.25, 0.3) is 0 Å². The Hall–Kier alpha value is -3.15. The second kappa shape index (κ2) is 37.4. The van der Waals surface area contributed by atoms with Gasteiger partial charge in [0.15, 0.2) is 6.29 Å². The van der Waals surface area contributed by atoms with E-state index >= 15 is 0 Å². The van der Waals surface area contributed by atoms with Crippen LogP contribution in [0.3, 0.4) is 0 Å². The summed E-state index contributed by atoms with van der Waals surface area (Å²) in [6.07, 6.45) is 45.6. The highest BCUT2D eigenvalue weighted by molar-refractivity contribution is 5.69. The van der Waals surface area contributed by atoms with Gasteiger partial charge < -0.3 is 39.4 Å². The van der Waals surface area contributed by atoms with E-state index in [2.05, 4.69) is 123 Å². The summed E-state index contributed by atoms with van der Waals surface area (Å²) in [6.45, 7) is 4.09. The molecule has 1 fully saturated rings. The molecular weight excluding hydrogens is 709 g/mol. The van der Waals surface area contributed by atoms with E-state index in [0.717, 1.165) is 89.9 Å². The van der Waals surface area contributed by atoms with Gasteiger partial charge in [0.2, 0.25) is 0 Å². The minimum atomic E-state index is -1.56. The molecule has 0 aromatic carbocycles. The first-order chi connectivity index (χ1) is 27.4. The lowest BCUT2D eigenvalue weighted by Crippen LogP contribution is -2.59. The van der Waals surface area contributed by atoms with Gasteiger partial charge in [-0.3, -0.25) is 4.79 Å². The van der Waals surface area contributed by atoms with Crippen molar-refractivity contribution in [3.05, 3.63) is 109 Å². The third kappa shape index (κ3) is 28.3. The van der Waals surface area contributed by atoms with E-state index in [1.54, 1.807) is 0 Å². The van der Waals surface area contributed by atoms with E-state index in [0.29, 0.717) is 13.0 Å². The zero-order valence-corrected chi connectivity index (χ0v) is 34.3. The highest BCUT2D eigenvalue weighted by Gasteiger charge is 2.44. The molecule has 0 saturated carbocycles. The van der Waals surface area contributed by atoms with Crippen molar-refractivity contribution < 1.29 is 44.2 Å². The average Bonchev–Trinajstić information content (AvgIpc) is 3.20. The first kappa shape index (κ1) is 50.9. The molecule has 4 N–H and O–H groups in total. The molecule has 0 aromatic heterocycles. The minimum Gasteiger partial charge on any atom is -0.457 e. The van der Waals surface area contributed by atoms with Crippen molar-refractivity contribution >= 4 is 5.97 Å². The van der Waals surface area contributed by atoms with E-state index in [4.69, 9.17) is 18.9 Å². The van der Waals surface area contributed by atoms with Crippen LogP contribution in [0, 0.1) is 0 Å². The van der Waals surface area contributed by atoms with Crippen LogP contribution in [0.2, 0.25) is 0 Å². The third-order valence-electron chi connectivity index (χ3n) is 8.68. The second-order valence-corrected chi connectivity index (χ2v) is 13.7. The summed E-state index contributed by atoms with van der Waals surface area (Å²) >= 11 is 0. The van der Waals surface area contributed by atoms with Crippen LogP contribution in [0.15, 0.2) is 109 Å². The minimum absolute atomic E-state index is 0.0844. The largest absolute Gasteiger partial charge is 0.457 e. The van der Waals surface area contributed by atoms with Crippen molar-refractivity contribution in [2.45, 2.75) is 153 Å². The number of aliphatic hydroxyl groups excluding tert-OH is 4. The Morgan fingerprint density at radius 2 is 1.04 bits per heavy atom. The summed E-state index contributed by atoms with van der Waals surface area (Å²) in [6, 6.07) is 0. The lowest BCUT2D eigenvalue weighted by Gasteiger charge is -2.39. The Morgan fingerprint density at radius 1 is 0.571 bits per heavy atom. The number of hydrogen-bond donors (Lipinski definition) is 4. The molecule has 1 saturated heterocycles. The first-order valence-electron chi connectivity index (χ1n) is 21.0. The number of ether oxygens (including phenoxy) is 4. The fourth-order valence-corrected chi connectivity index (χ4v) is 5.46. The Kier molecular flexibility index (Phi) is 34.0. The molecule has 9 heteroatoms. The van der Waals surface area contributed by atoms with Gasteiger partial charge in [-0.2, -0.15) is 0 Å². The molecular formula is C47H74O9. The average molecular weight is 783 g/mol. The number of rotatable bonds is 33. The zero-order valence-electron chi connectivity index (χ0n) is 34.3. The molecule has 0 bridgehead atoms. The lowest BCUT2D eigenvalue weighted by atomic mass is 9.99. The summed E-state index contributed by atoms with van der Waals surface area (Å²) in [5, 5.41) is 40.0. The van der Waals surface area contributed by atoms with E-state index in [1.807, 2.05) is 0 Å². The van der Waals surface area contributed by atoms with Gasteiger partial charge in [0, 0.05) is 13.0 Å². The van der Waals surface area contributed by atoms with E-state index in [-0.39, 0.29) is 25.6 Å². The summed E-state index contributed by atoms with van der Waals surface area (Å²) in [4.78, 5) is 12.7. The molecule has 0 aliphatic carbocycles. The number of hydrogen-bond acceptors (Lipinski definition) is 9. The third-order valence-corrected chi connectivity index (χ3v) is 8.68. The number of aliphatic hydroxyl groups is 4. The molecule has 1 rings (SSSR count). The lowest BCUT2D eigenvalue weighted by molar-refractivity contribution is -0.305. The van der Waals surface area contributed by atoms with Gasteiger partial charge in [0.25, 0.3) is 0 Å². The van der Waals surface area contributed by atoms with Crippen molar-refractivity contribution in [2.24, 2.45) is 0 Å². The molecule has 0 spiro atoms. The topological polar surface area (TPSA) is 135 Å². The van der Waals surface area contributed by atoms with Crippen LogP contribution in [0.5, 0.6) is 0 Å². The Balaban J connectivity index is 2.37. The highest BCUT2D eigenvalue weighted by atomic mass is 16.7. The first-order valence-corrected chi connectivity index (χ1v) is 21.0. The van der Waals surface area contributed by atoms with Crippen LogP contribution in [0.1, 0.15) is 117 Å². The highest BCUT2D eigenvalue weighted by Crippen LogP contribution is 2.22. The normalized spacial score (nSPS) is 21.7. The molecule has 9 nitrogen and oxygen atoms in total. The predicted molar refractivity (Wildman–Crippen MR) is 228 cm³/mol. The molecule has 316 valence electrons. The Labute approximate surface area is 338 Å². The van der Waals surface area contributed by atoms with Crippen LogP contribution < -0.4 is 0 Å². The number of carbonyl (C=O) groups is 1. The van der Waals surface area contributed by atoms with Gasteiger partial charge in [-0.15, -0.1) is 0 Å². The van der Waals surface area contributed by atoms with Gasteiger partial charge in [-0.1, -0.05) is 130 Å². The maximum Gasteiger partial charge on any atom is 0.306 e. The zero-order chi connectivity index (χ0) is 40.7. The van der Waals surface area contributed by atoms with Crippen molar-refractivity contribution in [3.63, 3.8) is 0 Å². The van der Waals surface area contributed by atoms with E-state index in [9.17, 15) is 25.2 Å². The number of allylic oxidation sites excluding steroid dienone is 18. The van der Waals surface area contributed by atoms with Gasteiger partial charge >= 0.3 is 5.97 Å². The maximum absolute atomic E-state index is 12.7. The monoisotopic (exact) mass is 783 g/mol. The standard InChI is InChI=1S/C47H74O9/c1-3-5-7-9-11-13-15-17-18-19-20-21-22-23-25-27-29-31-33-35-37-53-39-41(40-54-47-46(52)45(51)44(50)42(38-48)56-47)55-43(49)36-34-32-30-28-26-24-16-14-12-10-8-6-4-2/h5-8,11-14,17-18,20-21,23-26,29,31,41-42,44-48,50-52H,3-4,9-10,15-16,19,22,27-28,30,32-40H2,1-2H3/b7-5-,8-6-,13-11-,14-12-,18-17-,21-20-,25-23-,26-24-,31-29-. The van der Waals surface area contributed by atoms with Gasteiger partial charge in [0.1, 0.15) is 30.5 Å². The Morgan fingerprint density at radius 3 is 1.52 bits per heavy atom. The van der Waals surface area contributed by atoms with Crippen molar-refractivity contribution in [3.8, 4) is 0 Å². The molecule has 1 aliphatic heterocycles. The van der Waals surface area contributed by atoms with Crippen molar-refractivity contribution in [2.75, 3.05) is 26.4 Å². The fraction of sp³-hybridized carbons (Fsp3) is 0.596. The molecule has 6 unspecified atom stereocenters. The Bertz CT molecular complexity index is 1210. The van der Waals surface area contributed by atoms with E-state index < -0.39 is 43.4 Å². The molecule has 6 atom stereocenters. The number of carbonyl (C=O) groups excluding carboxylic acids is 1. The number of unbranched alkanes of at least 4 members (excludes halogenated alkanes) is 4. The van der Waals surface area contributed by atoms with Crippen molar-refractivity contribution in [1.82, 2.24) is 0 Å². The van der Waals surface area contributed by atoms with Gasteiger partial charge in [-0.05, 0) is 89.9 Å². The molecule has 56 heavy (non-hydrogen) atoms. The number of esters is 1. The van der Waals surface area contributed by atoms with E-state index in [1.165, 1.54) is 0 Å². The van der Waals surface area contributed by atoms with Crippen LogP contribution >= 0.6 is 0 Å². The summed E-state index contributed by atoms with van der Waals surface area (Å²) < 4.78 is 22.6. The molecule has 1 heterocycles. The van der Waals surface area contributed by atoms with Crippen LogP contribution in [0.4, 0.5) is 0 Å². The van der Waals surface area contributed by atoms with Gasteiger partial charge in [0.05, 0.1) is 19.8 Å². The quantitative estimate of drug-likeness (QED) is 0.0292. The fourth-order valence-electron chi connectivity index (χ4n) is 5.46.